The average molecular weight is 402 g/mol. The zero-order chi connectivity index (χ0) is 21.6. The summed E-state index contributed by atoms with van der Waals surface area (Å²) in [5.41, 5.74) is 0.452. The molecule has 1 aromatic rings. The molecular formula is C25H39NO3. The van der Waals surface area contributed by atoms with Crippen molar-refractivity contribution in [2.45, 2.75) is 85.3 Å². The van der Waals surface area contributed by atoms with Crippen LogP contribution in [0, 0.1) is 23.7 Å². The van der Waals surface area contributed by atoms with Gasteiger partial charge in [-0.2, -0.15) is 0 Å². The number of ketones is 1. The van der Waals surface area contributed by atoms with Crippen LogP contribution in [0.1, 0.15) is 85.3 Å². The van der Waals surface area contributed by atoms with Crippen LogP contribution in [0.25, 0.3) is 0 Å². The van der Waals surface area contributed by atoms with Crippen LogP contribution in [-0.4, -0.2) is 17.5 Å². The molecule has 0 unspecified atom stereocenters. The van der Waals surface area contributed by atoms with Crippen molar-refractivity contribution in [2.24, 2.45) is 23.7 Å². The van der Waals surface area contributed by atoms with Crippen molar-refractivity contribution in [3.8, 4) is 0 Å². The van der Waals surface area contributed by atoms with Crippen LogP contribution in [0.4, 0.5) is 4.79 Å². The van der Waals surface area contributed by atoms with E-state index in [-0.39, 0.29) is 12.0 Å². The van der Waals surface area contributed by atoms with Gasteiger partial charge in [-0.15, -0.1) is 0 Å². The van der Waals surface area contributed by atoms with Crippen molar-refractivity contribution in [2.75, 3.05) is 0 Å². The first-order valence-electron chi connectivity index (χ1n) is 11.1. The first kappa shape index (κ1) is 23.4. The fourth-order valence-electron chi connectivity index (χ4n) is 4.50. The molecule has 0 radical (unpaired) electrons. The molecule has 29 heavy (non-hydrogen) atoms. The third kappa shape index (κ3) is 7.49. The highest BCUT2D eigenvalue weighted by atomic mass is 16.6. The maximum absolute atomic E-state index is 13.2. The quantitative estimate of drug-likeness (QED) is 0.582. The summed E-state index contributed by atoms with van der Waals surface area (Å²) in [4.78, 5) is 25.5. The lowest BCUT2D eigenvalue weighted by Crippen LogP contribution is -2.36. The number of Topliss-reactive ketones (excluding diaryl/α,β-unsaturated/α-hetero) is 1. The van der Waals surface area contributed by atoms with E-state index < -0.39 is 11.7 Å². The lowest BCUT2D eigenvalue weighted by atomic mass is 9.68. The molecule has 0 bridgehead atoms. The number of hydrogen-bond donors (Lipinski definition) is 1. The molecule has 4 atom stereocenters. The van der Waals surface area contributed by atoms with Gasteiger partial charge >= 0.3 is 6.09 Å². The molecule has 0 saturated heterocycles. The van der Waals surface area contributed by atoms with Gasteiger partial charge in [0.1, 0.15) is 11.4 Å². The van der Waals surface area contributed by atoms with E-state index in [0.29, 0.717) is 36.4 Å². The van der Waals surface area contributed by atoms with Gasteiger partial charge in [-0.25, -0.2) is 4.79 Å². The Morgan fingerprint density at radius 2 is 1.79 bits per heavy atom. The van der Waals surface area contributed by atoms with Crippen LogP contribution in [0.5, 0.6) is 0 Å². The fourth-order valence-corrected chi connectivity index (χ4v) is 4.50. The van der Waals surface area contributed by atoms with Crippen LogP contribution in [0.3, 0.4) is 0 Å². The highest BCUT2D eigenvalue weighted by molar-refractivity contribution is 5.81. The molecule has 4 heteroatoms. The second-order valence-electron chi connectivity index (χ2n) is 10.0. The summed E-state index contributed by atoms with van der Waals surface area (Å²) in [5.74, 6) is 2.12. The molecule has 1 saturated carbocycles. The molecule has 0 aliphatic heterocycles. The summed E-state index contributed by atoms with van der Waals surface area (Å²) < 4.78 is 5.44. The molecule has 1 aromatic carbocycles. The van der Waals surface area contributed by atoms with Gasteiger partial charge in [-0.1, -0.05) is 57.5 Å². The van der Waals surface area contributed by atoms with E-state index in [9.17, 15) is 9.59 Å². The van der Waals surface area contributed by atoms with Gasteiger partial charge in [0, 0.05) is 12.3 Å². The van der Waals surface area contributed by atoms with Crippen LogP contribution >= 0.6 is 0 Å². The lowest BCUT2D eigenvalue weighted by Gasteiger charge is -2.36. The van der Waals surface area contributed by atoms with Gasteiger partial charge in [0.2, 0.25) is 0 Å². The van der Waals surface area contributed by atoms with Crippen molar-refractivity contribution in [1.29, 1.82) is 0 Å². The number of carbonyl (C=O) groups is 2. The van der Waals surface area contributed by atoms with Gasteiger partial charge in [0.15, 0.2) is 0 Å². The Morgan fingerprint density at radius 1 is 1.14 bits per heavy atom. The maximum atomic E-state index is 13.2. The minimum Gasteiger partial charge on any atom is -0.444 e. The molecule has 1 aliphatic carbocycles. The van der Waals surface area contributed by atoms with Crippen LogP contribution in [-0.2, 0) is 9.53 Å². The van der Waals surface area contributed by atoms with Crippen molar-refractivity contribution in [3.63, 3.8) is 0 Å². The Morgan fingerprint density at radius 3 is 2.38 bits per heavy atom. The molecular weight excluding hydrogens is 362 g/mol. The van der Waals surface area contributed by atoms with E-state index >= 15 is 0 Å². The zero-order valence-electron chi connectivity index (χ0n) is 19.0. The lowest BCUT2D eigenvalue weighted by molar-refractivity contribution is -0.127. The smallest absolute Gasteiger partial charge is 0.408 e. The molecule has 1 amide bonds. The van der Waals surface area contributed by atoms with Crippen molar-refractivity contribution in [3.05, 3.63) is 35.9 Å². The Bertz CT molecular complexity index is 662. The minimum absolute atomic E-state index is 0.150. The maximum Gasteiger partial charge on any atom is 0.408 e. The van der Waals surface area contributed by atoms with Gasteiger partial charge < -0.3 is 10.1 Å². The van der Waals surface area contributed by atoms with Crippen molar-refractivity contribution < 1.29 is 14.3 Å². The van der Waals surface area contributed by atoms with E-state index in [1.165, 1.54) is 6.42 Å². The molecule has 162 valence electrons. The van der Waals surface area contributed by atoms with Gasteiger partial charge in [-0.3, -0.25) is 4.79 Å². The fraction of sp³-hybridized carbons (Fsp3) is 0.680. The number of rotatable bonds is 7. The Labute approximate surface area is 176 Å². The number of ether oxygens (including phenoxy) is 1. The Balaban J connectivity index is 2.06. The van der Waals surface area contributed by atoms with Crippen molar-refractivity contribution in [1.82, 2.24) is 5.32 Å². The summed E-state index contributed by atoms with van der Waals surface area (Å²) in [6, 6.07) is 9.62. The molecule has 1 fully saturated rings. The molecule has 0 aromatic heterocycles. The molecule has 4 nitrogen and oxygen atoms in total. The highest BCUT2D eigenvalue weighted by Gasteiger charge is 2.35. The van der Waals surface area contributed by atoms with E-state index in [1.807, 2.05) is 51.1 Å². The average Bonchev–Trinajstić information content (AvgIpc) is 2.63. The van der Waals surface area contributed by atoms with E-state index in [1.54, 1.807) is 0 Å². The SMILES string of the molecule is CC(C)[C@@H]1CC[C@@H](C)C[C@H]1C(=O)CC[C@@H](NC(=O)OC(C)(C)C)c1ccccc1. The number of hydrogen-bond acceptors (Lipinski definition) is 3. The van der Waals surface area contributed by atoms with E-state index in [0.717, 1.165) is 18.4 Å². The van der Waals surface area contributed by atoms with Gasteiger partial charge in [-0.05, 0) is 63.4 Å². The summed E-state index contributed by atoms with van der Waals surface area (Å²) in [7, 11) is 0. The summed E-state index contributed by atoms with van der Waals surface area (Å²) in [5, 5.41) is 2.98. The molecule has 0 heterocycles. The largest absolute Gasteiger partial charge is 0.444 e. The summed E-state index contributed by atoms with van der Waals surface area (Å²) in [6.45, 7) is 12.3. The second-order valence-corrected chi connectivity index (χ2v) is 10.0. The topological polar surface area (TPSA) is 55.4 Å². The second kappa shape index (κ2) is 10.3. The predicted molar refractivity (Wildman–Crippen MR) is 118 cm³/mol. The molecule has 0 spiro atoms. The first-order chi connectivity index (χ1) is 13.6. The molecule has 2 rings (SSSR count). The zero-order valence-corrected chi connectivity index (χ0v) is 19.0. The summed E-state index contributed by atoms with van der Waals surface area (Å²) >= 11 is 0. The number of carbonyl (C=O) groups excluding carboxylic acids is 2. The predicted octanol–water partition coefficient (Wildman–Crippen LogP) is 6.31. The van der Waals surface area contributed by atoms with Crippen LogP contribution in [0.15, 0.2) is 30.3 Å². The third-order valence-corrected chi connectivity index (χ3v) is 6.01. The Kier molecular flexibility index (Phi) is 8.30. The van der Waals surface area contributed by atoms with Gasteiger partial charge in [0.25, 0.3) is 0 Å². The van der Waals surface area contributed by atoms with Crippen molar-refractivity contribution >= 4 is 11.9 Å². The number of benzene rings is 1. The minimum atomic E-state index is -0.552. The highest BCUT2D eigenvalue weighted by Crippen LogP contribution is 2.39. The first-order valence-corrected chi connectivity index (χ1v) is 11.1. The number of alkyl carbamates (subject to hydrolysis) is 1. The molecule has 1 aliphatic rings. The Hall–Kier alpha value is -1.84. The monoisotopic (exact) mass is 401 g/mol. The molecule has 1 N–H and O–H groups in total. The number of amides is 1. The van der Waals surface area contributed by atoms with E-state index in [2.05, 4.69) is 26.1 Å². The normalized spacial score (nSPS) is 23.5. The number of nitrogens with one attached hydrogen (secondary N) is 1. The standard InChI is InChI=1S/C25H39NO3/c1-17(2)20-13-12-18(3)16-21(20)23(27)15-14-22(19-10-8-7-9-11-19)26-24(28)29-25(4,5)6/h7-11,17-18,20-22H,12-16H2,1-6H3,(H,26,28)/t18-,20+,21-,22-/m1/s1. The van der Waals surface area contributed by atoms with Gasteiger partial charge in [0.05, 0.1) is 6.04 Å². The van der Waals surface area contributed by atoms with Crippen LogP contribution < -0.4 is 5.32 Å². The third-order valence-electron chi connectivity index (χ3n) is 6.01. The van der Waals surface area contributed by atoms with Crippen LogP contribution in [0.2, 0.25) is 0 Å². The van der Waals surface area contributed by atoms with E-state index in [4.69, 9.17) is 4.74 Å². The summed E-state index contributed by atoms with van der Waals surface area (Å²) in [6.07, 6.45) is 4.00.